The normalized spacial score (nSPS) is 24.3. The molecule has 1 heterocycles. The van der Waals surface area contributed by atoms with Crippen molar-refractivity contribution in [3.05, 3.63) is 0 Å². The molecule has 0 aromatic heterocycles. The third kappa shape index (κ3) is 3.87. The molecule has 1 aliphatic carbocycles. The van der Waals surface area contributed by atoms with E-state index in [4.69, 9.17) is 0 Å². The molecule has 114 valence electrons. The number of carbonyl (C=O) groups is 2. The van der Waals surface area contributed by atoms with Crippen LogP contribution in [0.15, 0.2) is 0 Å². The number of likely N-dealkylation sites (tertiary alicyclic amines) is 1. The summed E-state index contributed by atoms with van der Waals surface area (Å²) in [4.78, 5) is 27.7. The highest BCUT2D eigenvalue weighted by molar-refractivity contribution is 5.81. The molecule has 1 saturated heterocycles. The number of rotatable bonds is 2. The lowest BCUT2D eigenvalue weighted by atomic mass is 9.93. The number of piperidine rings is 1. The number of carbonyl (C=O) groups excluding carboxylic acids is 2. The van der Waals surface area contributed by atoms with Gasteiger partial charge in [0.25, 0.3) is 0 Å². The van der Waals surface area contributed by atoms with Gasteiger partial charge in [-0.25, -0.2) is 4.79 Å². The zero-order valence-corrected chi connectivity index (χ0v) is 12.7. The molecule has 1 saturated carbocycles. The Hall–Kier alpha value is -1.26. The van der Waals surface area contributed by atoms with Crippen molar-refractivity contribution in [2.24, 2.45) is 5.92 Å². The zero-order chi connectivity index (χ0) is 14.5. The summed E-state index contributed by atoms with van der Waals surface area (Å²) in [6, 6.07) is 0.372. The molecule has 0 radical (unpaired) electrons. The van der Waals surface area contributed by atoms with E-state index in [0.717, 1.165) is 32.2 Å². The van der Waals surface area contributed by atoms with Crippen LogP contribution in [0.5, 0.6) is 0 Å². The smallest absolute Gasteiger partial charge is 0.319 e. The van der Waals surface area contributed by atoms with Crippen LogP contribution in [0.1, 0.15) is 44.9 Å². The van der Waals surface area contributed by atoms with Crippen LogP contribution in [0.4, 0.5) is 4.79 Å². The van der Waals surface area contributed by atoms with E-state index < -0.39 is 0 Å². The first-order valence-corrected chi connectivity index (χ1v) is 7.84. The summed E-state index contributed by atoms with van der Waals surface area (Å²) in [6.07, 6.45) is 7.78. The quantitative estimate of drug-likeness (QED) is 0.839. The first kappa shape index (κ1) is 15.1. The molecular weight excluding hydrogens is 254 g/mol. The van der Waals surface area contributed by atoms with Crippen LogP contribution in [-0.4, -0.2) is 55.0 Å². The van der Waals surface area contributed by atoms with Crippen molar-refractivity contribution in [3.63, 3.8) is 0 Å². The Morgan fingerprint density at radius 1 is 1.05 bits per heavy atom. The molecule has 3 amide bonds. The molecule has 1 atom stereocenters. The van der Waals surface area contributed by atoms with E-state index in [2.05, 4.69) is 5.32 Å². The first-order chi connectivity index (χ1) is 9.58. The van der Waals surface area contributed by atoms with E-state index in [9.17, 15) is 9.59 Å². The highest BCUT2D eigenvalue weighted by Gasteiger charge is 2.30. The summed E-state index contributed by atoms with van der Waals surface area (Å²) in [5.41, 5.74) is 0. The van der Waals surface area contributed by atoms with Gasteiger partial charge >= 0.3 is 6.03 Å². The maximum atomic E-state index is 12.3. The van der Waals surface area contributed by atoms with Crippen molar-refractivity contribution in [1.82, 2.24) is 15.1 Å². The molecule has 2 fully saturated rings. The predicted molar refractivity (Wildman–Crippen MR) is 78.4 cm³/mol. The summed E-state index contributed by atoms with van der Waals surface area (Å²) in [5.74, 6) is 0.114. The van der Waals surface area contributed by atoms with E-state index in [1.54, 1.807) is 23.9 Å². The molecule has 2 rings (SSSR count). The van der Waals surface area contributed by atoms with Gasteiger partial charge in [0.1, 0.15) is 0 Å². The second-order valence-electron chi connectivity index (χ2n) is 6.31. The molecular formula is C15H27N3O2. The third-order valence-corrected chi connectivity index (χ3v) is 4.40. The Morgan fingerprint density at radius 2 is 1.75 bits per heavy atom. The van der Waals surface area contributed by atoms with Gasteiger partial charge in [-0.1, -0.05) is 19.3 Å². The van der Waals surface area contributed by atoms with Gasteiger partial charge in [0.05, 0.1) is 5.92 Å². The standard InChI is InChI=1S/C15H27N3O2/c1-17(2)15(20)18-10-6-7-12(11-18)14(19)16-13-8-4-3-5-9-13/h12-13H,3-11H2,1-2H3,(H,16,19). The number of urea groups is 1. The Morgan fingerprint density at radius 3 is 2.40 bits per heavy atom. The van der Waals surface area contributed by atoms with Crippen LogP contribution in [0.2, 0.25) is 0 Å². The summed E-state index contributed by atoms with van der Waals surface area (Å²) < 4.78 is 0. The average molecular weight is 281 g/mol. The molecule has 1 N–H and O–H groups in total. The van der Waals surface area contributed by atoms with Crippen LogP contribution in [0, 0.1) is 5.92 Å². The first-order valence-electron chi connectivity index (χ1n) is 7.84. The van der Waals surface area contributed by atoms with Gasteiger partial charge in [-0.3, -0.25) is 4.79 Å². The lowest BCUT2D eigenvalue weighted by Gasteiger charge is -2.34. The lowest BCUT2D eigenvalue weighted by Crippen LogP contribution is -2.50. The van der Waals surface area contributed by atoms with Gasteiger partial charge in [0, 0.05) is 33.2 Å². The van der Waals surface area contributed by atoms with Crippen LogP contribution >= 0.6 is 0 Å². The minimum absolute atomic E-state index is 0.0140. The Balaban J connectivity index is 1.84. The van der Waals surface area contributed by atoms with E-state index >= 15 is 0 Å². The summed E-state index contributed by atoms with van der Waals surface area (Å²) in [5, 5.41) is 3.19. The monoisotopic (exact) mass is 281 g/mol. The van der Waals surface area contributed by atoms with Crippen LogP contribution < -0.4 is 5.32 Å². The van der Waals surface area contributed by atoms with Gasteiger partial charge in [0.2, 0.25) is 5.91 Å². The van der Waals surface area contributed by atoms with E-state index in [1.165, 1.54) is 19.3 Å². The van der Waals surface area contributed by atoms with Gasteiger partial charge in [-0.05, 0) is 25.7 Å². The zero-order valence-electron chi connectivity index (χ0n) is 12.7. The fraction of sp³-hybridized carbons (Fsp3) is 0.867. The molecule has 0 spiro atoms. The maximum Gasteiger partial charge on any atom is 0.319 e. The van der Waals surface area contributed by atoms with Crippen LogP contribution in [-0.2, 0) is 4.79 Å². The highest BCUT2D eigenvalue weighted by Crippen LogP contribution is 2.21. The number of nitrogens with one attached hydrogen (secondary N) is 1. The molecule has 1 unspecified atom stereocenters. The highest BCUT2D eigenvalue weighted by atomic mass is 16.2. The van der Waals surface area contributed by atoms with Gasteiger partial charge in [-0.2, -0.15) is 0 Å². The minimum atomic E-state index is -0.0328. The van der Waals surface area contributed by atoms with Crippen molar-refractivity contribution >= 4 is 11.9 Å². The summed E-state index contributed by atoms with van der Waals surface area (Å²) >= 11 is 0. The summed E-state index contributed by atoms with van der Waals surface area (Å²) in [7, 11) is 3.52. The second-order valence-corrected chi connectivity index (χ2v) is 6.31. The number of hydrogen-bond donors (Lipinski definition) is 1. The molecule has 20 heavy (non-hydrogen) atoms. The Kier molecular flexibility index (Phi) is 5.26. The van der Waals surface area contributed by atoms with Crippen molar-refractivity contribution in [2.75, 3.05) is 27.2 Å². The number of nitrogens with zero attached hydrogens (tertiary/aromatic N) is 2. The minimum Gasteiger partial charge on any atom is -0.353 e. The van der Waals surface area contributed by atoms with Crippen LogP contribution in [0.25, 0.3) is 0 Å². The van der Waals surface area contributed by atoms with E-state index in [1.807, 2.05) is 0 Å². The van der Waals surface area contributed by atoms with Gasteiger partial charge in [-0.15, -0.1) is 0 Å². The van der Waals surface area contributed by atoms with E-state index in [0.29, 0.717) is 12.6 Å². The van der Waals surface area contributed by atoms with Crippen molar-refractivity contribution in [1.29, 1.82) is 0 Å². The van der Waals surface area contributed by atoms with Gasteiger partial charge in [0.15, 0.2) is 0 Å². The molecule has 0 aromatic carbocycles. The van der Waals surface area contributed by atoms with Crippen LogP contribution in [0.3, 0.4) is 0 Å². The van der Waals surface area contributed by atoms with Crippen molar-refractivity contribution in [3.8, 4) is 0 Å². The molecule has 1 aliphatic heterocycles. The molecule has 5 nitrogen and oxygen atoms in total. The predicted octanol–water partition coefficient (Wildman–Crippen LogP) is 1.83. The third-order valence-electron chi connectivity index (χ3n) is 4.40. The second kappa shape index (κ2) is 6.95. The molecule has 5 heteroatoms. The summed E-state index contributed by atoms with van der Waals surface area (Å²) in [6.45, 7) is 1.33. The number of hydrogen-bond acceptors (Lipinski definition) is 2. The Labute approximate surface area is 121 Å². The largest absolute Gasteiger partial charge is 0.353 e. The topological polar surface area (TPSA) is 52.7 Å². The fourth-order valence-corrected chi connectivity index (χ4v) is 3.21. The SMILES string of the molecule is CN(C)C(=O)N1CCCC(C(=O)NC2CCCCC2)C1. The average Bonchev–Trinajstić information content (AvgIpc) is 2.47. The van der Waals surface area contributed by atoms with Gasteiger partial charge < -0.3 is 15.1 Å². The van der Waals surface area contributed by atoms with Crippen molar-refractivity contribution in [2.45, 2.75) is 51.0 Å². The lowest BCUT2D eigenvalue weighted by molar-refractivity contribution is -0.127. The Bertz CT molecular complexity index is 351. The van der Waals surface area contributed by atoms with E-state index in [-0.39, 0.29) is 17.9 Å². The fourth-order valence-electron chi connectivity index (χ4n) is 3.21. The van der Waals surface area contributed by atoms with Crippen molar-refractivity contribution < 1.29 is 9.59 Å². The molecule has 0 aromatic rings. The number of amides is 3. The molecule has 2 aliphatic rings. The maximum absolute atomic E-state index is 12.3. The molecule has 0 bridgehead atoms.